The third kappa shape index (κ3) is 5.48. The van der Waals surface area contributed by atoms with Crippen LogP contribution in [0.25, 0.3) is 0 Å². The van der Waals surface area contributed by atoms with E-state index in [2.05, 4.69) is 44.9 Å². The van der Waals surface area contributed by atoms with E-state index in [1.54, 1.807) is 15.6 Å². The molecule has 2 aromatic rings. The van der Waals surface area contributed by atoms with Crippen LogP contribution in [-0.4, -0.2) is 74.6 Å². The number of nitrogens with zero attached hydrogens (tertiary/aromatic N) is 4. The number of likely N-dealkylation sites (tertiary alicyclic amines) is 1. The predicted molar refractivity (Wildman–Crippen MR) is 145 cm³/mol. The fraction of sp³-hybridized carbons (Fsp3) is 0.586. The van der Waals surface area contributed by atoms with Crippen molar-refractivity contribution in [3.05, 3.63) is 53.3 Å². The van der Waals surface area contributed by atoms with Crippen molar-refractivity contribution >= 4 is 17.7 Å². The predicted octanol–water partition coefficient (Wildman–Crippen LogP) is 2.96. The summed E-state index contributed by atoms with van der Waals surface area (Å²) in [5, 5.41) is 10.8. The Hall–Kier alpha value is -3.20. The monoisotopic (exact) mass is 520 g/mol. The number of benzene rings is 1. The molecule has 3 amide bonds. The van der Waals surface area contributed by atoms with E-state index in [-0.39, 0.29) is 42.0 Å². The first-order valence-electron chi connectivity index (χ1n) is 14.2. The first-order chi connectivity index (χ1) is 18.4. The number of hydrogen-bond acceptors (Lipinski definition) is 5. The van der Waals surface area contributed by atoms with Gasteiger partial charge < -0.3 is 15.5 Å². The standard InChI is InChI=1S/C29H40N6O3/c1-3-15-34-27(37)25-18-24(32-35(25)20-29(34,2)28(38)31-22-11-7-8-12-22)26(36)30-23-13-16-33(17-14-23)19-21-9-5-4-6-10-21/h4-6,9-10,18,22-23H,3,7-8,11-17,19-20H2,1-2H3,(H,30,36)(H,31,38). The minimum absolute atomic E-state index is 0.0722. The molecule has 1 saturated carbocycles. The van der Waals surface area contributed by atoms with Gasteiger partial charge in [0.1, 0.15) is 11.2 Å². The summed E-state index contributed by atoms with van der Waals surface area (Å²) in [7, 11) is 0. The first kappa shape index (κ1) is 26.4. The third-order valence-corrected chi connectivity index (χ3v) is 8.33. The maximum Gasteiger partial charge on any atom is 0.273 e. The van der Waals surface area contributed by atoms with Gasteiger partial charge in [0.05, 0.1) is 6.54 Å². The zero-order chi connectivity index (χ0) is 26.7. The van der Waals surface area contributed by atoms with Gasteiger partial charge >= 0.3 is 0 Å². The Bertz CT molecular complexity index is 1150. The number of rotatable bonds is 8. The van der Waals surface area contributed by atoms with Crippen LogP contribution in [0, 0.1) is 0 Å². The number of piperidine rings is 1. The summed E-state index contributed by atoms with van der Waals surface area (Å²) in [6.07, 6.45) is 6.67. The highest BCUT2D eigenvalue weighted by Crippen LogP contribution is 2.29. The van der Waals surface area contributed by atoms with E-state index < -0.39 is 5.54 Å². The molecule has 0 radical (unpaired) electrons. The second-order valence-corrected chi connectivity index (χ2v) is 11.3. The highest BCUT2D eigenvalue weighted by molar-refractivity contribution is 6.02. The van der Waals surface area contributed by atoms with Crippen molar-refractivity contribution in [1.82, 2.24) is 30.2 Å². The topological polar surface area (TPSA) is 99.6 Å². The van der Waals surface area contributed by atoms with Crippen molar-refractivity contribution in [2.45, 2.75) is 89.5 Å². The Morgan fingerprint density at radius 1 is 1.03 bits per heavy atom. The van der Waals surface area contributed by atoms with Crippen LogP contribution in [0.5, 0.6) is 0 Å². The molecule has 0 bridgehead atoms. The Kier molecular flexibility index (Phi) is 7.83. The van der Waals surface area contributed by atoms with Gasteiger partial charge in [-0.05, 0) is 44.6 Å². The van der Waals surface area contributed by atoms with Crippen LogP contribution >= 0.6 is 0 Å². The Balaban J connectivity index is 1.23. The molecule has 1 saturated heterocycles. The van der Waals surface area contributed by atoms with E-state index in [9.17, 15) is 14.4 Å². The number of fused-ring (bicyclic) bond motifs is 1. The highest BCUT2D eigenvalue weighted by atomic mass is 16.2. The maximum atomic E-state index is 13.5. The summed E-state index contributed by atoms with van der Waals surface area (Å²) in [5.41, 5.74) is 0.849. The molecule has 0 spiro atoms. The lowest BCUT2D eigenvalue weighted by Gasteiger charge is -2.43. The van der Waals surface area contributed by atoms with Gasteiger partial charge in [0, 0.05) is 44.3 Å². The first-order valence-corrected chi connectivity index (χ1v) is 14.2. The molecule has 38 heavy (non-hydrogen) atoms. The lowest BCUT2D eigenvalue weighted by molar-refractivity contribution is -0.133. The van der Waals surface area contributed by atoms with Crippen LogP contribution in [0.4, 0.5) is 0 Å². The number of aromatic nitrogens is 2. The molecule has 1 aromatic heterocycles. The van der Waals surface area contributed by atoms with E-state index in [0.29, 0.717) is 12.2 Å². The fourth-order valence-electron chi connectivity index (χ4n) is 6.07. The SMILES string of the molecule is CCCN1C(=O)c2cc(C(=O)NC3CCN(Cc4ccccc4)CC3)nn2CC1(C)C(=O)NC1CCCC1. The van der Waals surface area contributed by atoms with Gasteiger partial charge in [-0.3, -0.25) is 24.0 Å². The van der Waals surface area contributed by atoms with Crippen LogP contribution in [0.15, 0.2) is 36.4 Å². The molecular weight excluding hydrogens is 480 g/mol. The molecule has 2 N–H and O–H groups in total. The molecule has 3 aliphatic rings. The van der Waals surface area contributed by atoms with Crippen molar-refractivity contribution in [2.75, 3.05) is 19.6 Å². The molecule has 9 heteroatoms. The second-order valence-electron chi connectivity index (χ2n) is 11.3. The zero-order valence-electron chi connectivity index (χ0n) is 22.6. The summed E-state index contributed by atoms with van der Waals surface area (Å²) in [6.45, 7) is 7.27. The summed E-state index contributed by atoms with van der Waals surface area (Å²) in [4.78, 5) is 44.2. The summed E-state index contributed by atoms with van der Waals surface area (Å²) in [5.74, 6) is -0.649. The Morgan fingerprint density at radius 2 is 1.71 bits per heavy atom. The van der Waals surface area contributed by atoms with Crippen molar-refractivity contribution in [2.24, 2.45) is 0 Å². The molecular formula is C29H40N6O3. The molecule has 5 rings (SSSR count). The molecule has 9 nitrogen and oxygen atoms in total. The van der Waals surface area contributed by atoms with Crippen LogP contribution in [0.2, 0.25) is 0 Å². The minimum Gasteiger partial charge on any atom is -0.351 e. The average molecular weight is 521 g/mol. The smallest absolute Gasteiger partial charge is 0.273 e. The molecule has 204 valence electrons. The molecule has 1 unspecified atom stereocenters. The van der Waals surface area contributed by atoms with E-state index in [0.717, 1.165) is 64.6 Å². The van der Waals surface area contributed by atoms with Crippen LogP contribution in [-0.2, 0) is 17.9 Å². The van der Waals surface area contributed by atoms with Gasteiger partial charge in [0.2, 0.25) is 5.91 Å². The van der Waals surface area contributed by atoms with Crippen molar-refractivity contribution in [3.63, 3.8) is 0 Å². The molecule has 1 atom stereocenters. The number of carbonyl (C=O) groups is 3. The molecule has 2 aliphatic heterocycles. The maximum absolute atomic E-state index is 13.5. The average Bonchev–Trinajstić information content (AvgIpc) is 3.58. The van der Waals surface area contributed by atoms with Crippen molar-refractivity contribution in [3.8, 4) is 0 Å². The van der Waals surface area contributed by atoms with Crippen molar-refractivity contribution in [1.29, 1.82) is 0 Å². The van der Waals surface area contributed by atoms with Gasteiger partial charge in [0.25, 0.3) is 11.8 Å². The molecule has 3 heterocycles. The lowest BCUT2D eigenvalue weighted by Crippen LogP contribution is -2.65. The van der Waals surface area contributed by atoms with Gasteiger partial charge in [0.15, 0.2) is 5.69 Å². The molecule has 1 aliphatic carbocycles. The lowest BCUT2D eigenvalue weighted by atomic mass is 9.94. The summed E-state index contributed by atoms with van der Waals surface area (Å²) in [6, 6.07) is 12.2. The number of amides is 3. The fourth-order valence-corrected chi connectivity index (χ4v) is 6.07. The molecule has 2 fully saturated rings. The van der Waals surface area contributed by atoms with E-state index >= 15 is 0 Å². The normalized spacial score (nSPS) is 22.9. The van der Waals surface area contributed by atoms with Gasteiger partial charge in [-0.15, -0.1) is 0 Å². The third-order valence-electron chi connectivity index (χ3n) is 8.33. The number of carbonyl (C=O) groups excluding carboxylic acids is 3. The largest absolute Gasteiger partial charge is 0.351 e. The Labute approximate surface area is 224 Å². The molecule has 1 aromatic carbocycles. The quantitative estimate of drug-likeness (QED) is 0.558. The number of nitrogens with one attached hydrogen (secondary N) is 2. The van der Waals surface area contributed by atoms with Gasteiger partial charge in [-0.1, -0.05) is 50.1 Å². The van der Waals surface area contributed by atoms with E-state index in [4.69, 9.17) is 0 Å². The zero-order valence-corrected chi connectivity index (χ0v) is 22.6. The second kappa shape index (κ2) is 11.3. The van der Waals surface area contributed by atoms with E-state index in [1.165, 1.54) is 5.56 Å². The highest BCUT2D eigenvalue weighted by Gasteiger charge is 2.48. The van der Waals surface area contributed by atoms with Crippen molar-refractivity contribution < 1.29 is 14.4 Å². The summed E-state index contributed by atoms with van der Waals surface area (Å²) >= 11 is 0. The van der Waals surface area contributed by atoms with Crippen LogP contribution in [0.3, 0.4) is 0 Å². The summed E-state index contributed by atoms with van der Waals surface area (Å²) < 4.78 is 1.56. The minimum atomic E-state index is -1.05. The van der Waals surface area contributed by atoms with Crippen LogP contribution < -0.4 is 10.6 Å². The van der Waals surface area contributed by atoms with Crippen LogP contribution in [0.1, 0.15) is 85.3 Å². The van der Waals surface area contributed by atoms with Gasteiger partial charge in [-0.25, -0.2) is 0 Å². The van der Waals surface area contributed by atoms with Gasteiger partial charge in [-0.2, -0.15) is 5.10 Å². The number of hydrogen-bond donors (Lipinski definition) is 2. The Morgan fingerprint density at radius 3 is 2.39 bits per heavy atom. The van der Waals surface area contributed by atoms with E-state index in [1.807, 2.05) is 19.9 Å².